The molecule has 2 rings (SSSR count). The summed E-state index contributed by atoms with van der Waals surface area (Å²) in [4.78, 5) is 28.6. The lowest BCUT2D eigenvalue weighted by molar-refractivity contribution is -0.137. The third-order valence-corrected chi connectivity index (χ3v) is 4.29. The smallest absolute Gasteiger partial charge is 0.410 e. The van der Waals surface area contributed by atoms with E-state index < -0.39 is 17.7 Å². The van der Waals surface area contributed by atoms with Crippen LogP contribution >= 0.6 is 0 Å². The highest BCUT2D eigenvalue weighted by Gasteiger charge is 2.36. The van der Waals surface area contributed by atoms with Crippen molar-refractivity contribution < 1.29 is 14.3 Å². The largest absolute Gasteiger partial charge is 0.444 e. The fourth-order valence-electron chi connectivity index (χ4n) is 3.02. The fourth-order valence-corrected chi connectivity index (χ4v) is 3.02. The maximum absolute atomic E-state index is 12.9. The average Bonchev–Trinajstić information content (AvgIpc) is 2.60. The second-order valence-corrected chi connectivity index (χ2v) is 7.69. The third-order valence-electron chi connectivity index (χ3n) is 4.29. The van der Waals surface area contributed by atoms with E-state index in [4.69, 9.17) is 10.00 Å². The summed E-state index contributed by atoms with van der Waals surface area (Å²) in [5.74, 6) is -0.0834. The van der Waals surface area contributed by atoms with Gasteiger partial charge in [0.05, 0.1) is 11.6 Å². The van der Waals surface area contributed by atoms with Crippen molar-refractivity contribution in [2.24, 2.45) is 0 Å². The van der Waals surface area contributed by atoms with E-state index >= 15 is 0 Å². The van der Waals surface area contributed by atoms with E-state index in [2.05, 4.69) is 6.07 Å². The molecule has 26 heavy (non-hydrogen) atoms. The number of nitriles is 1. The minimum Gasteiger partial charge on any atom is -0.444 e. The molecular weight excluding hydrogens is 330 g/mol. The Morgan fingerprint density at radius 1 is 1.27 bits per heavy atom. The van der Waals surface area contributed by atoms with E-state index in [1.54, 1.807) is 29.0 Å². The van der Waals surface area contributed by atoms with E-state index in [1.165, 1.54) is 0 Å². The van der Waals surface area contributed by atoms with Crippen LogP contribution in [0.2, 0.25) is 0 Å². The summed E-state index contributed by atoms with van der Waals surface area (Å²) < 4.78 is 5.47. The van der Waals surface area contributed by atoms with E-state index in [9.17, 15) is 9.59 Å². The standard InChI is InChI=1S/C20H27N3O3/c1-20(2,3)26-19(25)23-12-6-5-7-17(23)18(24)22(4)14-16-10-8-15(13-21)9-11-16/h8-11,17H,5-7,12,14H2,1-4H3/t17-/m0/s1. The van der Waals surface area contributed by atoms with Gasteiger partial charge in [-0.3, -0.25) is 9.69 Å². The van der Waals surface area contributed by atoms with E-state index in [-0.39, 0.29) is 5.91 Å². The second-order valence-electron chi connectivity index (χ2n) is 7.69. The number of piperidine rings is 1. The molecule has 0 saturated carbocycles. The van der Waals surface area contributed by atoms with Crippen LogP contribution in [0, 0.1) is 11.3 Å². The summed E-state index contributed by atoms with van der Waals surface area (Å²) in [6.07, 6.45) is 2.01. The van der Waals surface area contributed by atoms with Crippen LogP contribution in [0.1, 0.15) is 51.2 Å². The predicted molar refractivity (Wildman–Crippen MR) is 98.2 cm³/mol. The number of likely N-dealkylation sites (N-methyl/N-ethyl adjacent to an activating group) is 1. The van der Waals surface area contributed by atoms with Crippen molar-refractivity contribution in [3.8, 4) is 6.07 Å². The van der Waals surface area contributed by atoms with Crippen LogP contribution in [0.25, 0.3) is 0 Å². The Morgan fingerprint density at radius 3 is 2.50 bits per heavy atom. The quantitative estimate of drug-likeness (QED) is 0.832. The molecule has 0 bridgehead atoms. The number of likely N-dealkylation sites (tertiary alicyclic amines) is 1. The number of hydrogen-bond donors (Lipinski definition) is 0. The molecule has 140 valence electrons. The first-order valence-electron chi connectivity index (χ1n) is 8.95. The Labute approximate surface area is 155 Å². The molecule has 0 aliphatic carbocycles. The SMILES string of the molecule is CN(Cc1ccc(C#N)cc1)C(=O)[C@@H]1CCCCN1C(=O)OC(C)(C)C. The molecule has 0 aromatic heterocycles. The molecule has 2 amide bonds. The number of hydrogen-bond acceptors (Lipinski definition) is 4. The van der Waals surface area contributed by atoms with Gasteiger partial charge in [-0.05, 0) is 57.7 Å². The van der Waals surface area contributed by atoms with Gasteiger partial charge in [-0.15, -0.1) is 0 Å². The van der Waals surface area contributed by atoms with Gasteiger partial charge in [-0.2, -0.15) is 5.26 Å². The molecule has 1 aromatic carbocycles. The number of ether oxygens (including phenoxy) is 1. The van der Waals surface area contributed by atoms with Gasteiger partial charge < -0.3 is 9.64 Å². The number of carbonyl (C=O) groups excluding carboxylic acids is 2. The lowest BCUT2D eigenvalue weighted by Gasteiger charge is -2.37. The van der Waals surface area contributed by atoms with Crippen molar-refractivity contribution in [2.45, 2.75) is 58.2 Å². The molecule has 0 spiro atoms. The summed E-state index contributed by atoms with van der Waals surface area (Å²) in [6, 6.07) is 8.75. The third kappa shape index (κ3) is 5.22. The van der Waals surface area contributed by atoms with Crippen LogP contribution in [-0.4, -0.2) is 47.0 Å². The zero-order valence-electron chi connectivity index (χ0n) is 16.0. The molecule has 6 nitrogen and oxygen atoms in total. The molecule has 1 aliphatic heterocycles. The summed E-state index contributed by atoms with van der Waals surface area (Å²) in [6.45, 7) is 6.44. The maximum Gasteiger partial charge on any atom is 0.410 e. The molecule has 0 unspecified atom stereocenters. The first-order valence-corrected chi connectivity index (χ1v) is 8.95. The molecule has 0 N–H and O–H groups in total. The maximum atomic E-state index is 12.9. The molecule has 1 heterocycles. The summed E-state index contributed by atoms with van der Waals surface area (Å²) in [5, 5.41) is 8.87. The molecular formula is C20H27N3O3. The molecule has 1 aromatic rings. The number of nitrogens with zero attached hydrogens (tertiary/aromatic N) is 3. The summed E-state index contributed by atoms with van der Waals surface area (Å²) in [7, 11) is 1.74. The van der Waals surface area contributed by atoms with Gasteiger partial charge in [0.25, 0.3) is 0 Å². The Balaban J connectivity index is 2.06. The van der Waals surface area contributed by atoms with E-state index in [0.717, 1.165) is 18.4 Å². The topological polar surface area (TPSA) is 73.6 Å². The Hall–Kier alpha value is -2.55. The number of carbonyl (C=O) groups is 2. The van der Waals surface area contributed by atoms with Crippen molar-refractivity contribution in [1.29, 1.82) is 5.26 Å². The Morgan fingerprint density at radius 2 is 1.92 bits per heavy atom. The van der Waals surface area contributed by atoms with Gasteiger partial charge in [0.1, 0.15) is 11.6 Å². The van der Waals surface area contributed by atoms with Crippen LogP contribution in [0.15, 0.2) is 24.3 Å². The summed E-state index contributed by atoms with van der Waals surface area (Å²) >= 11 is 0. The van der Waals surface area contributed by atoms with Crippen LogP contribution in [0.3, 0.4) is 0 Å². The monoisotopic (exact) mass is 357 g/mol. The normalized spacial score (nSPS) is 17.3. The second kappa shape index (κ2) is 8.22. The Kier molecular flexibility index (Phi) is 6.25. The zero-order valence-corrected chi connectivity index (χ0v) is 16.0. The van der Waals surface area contributed by atoms with Gasteiger partial charge in [0.15, 0.2) is 0 Å². The fraction of sp³-hybridized carbons (Fsp3) is 0.550. The van der Waals surface area contributed by atoms with Crippen LogP contribution in [-0.2, 0) is 16.1 Å². The van der Waals surface area contributed by atoms with Gasteiger partial charge in [0.2, 0.25) is 5.91 Å². The molecule has 1 aliphatic rings. The summed E-state index contributed by atoms with van der Waals surface area (Å²) in [5.41, 5.74) is 0.946. The molecule has 1 saturated heterocycles. The van der Waals surface area contributed by atoms with Gasteiger partial charge in [-0.25, -0.2) is 4.79 Å². The minimum atomic E-state index is -0.587. The highest BCUT2D eigenvalue weighted by molar-refractivity contribution is 5.85. The van der Waals surface area contributed by atoms with Crippen molar-refractivity contribution in [3.05, 3.63) is 35.4 Å². The van der Waals surface area contributed by atoms with Crippen molar-refractivity contribution in [1.82, 2.24) is 9.80 Å². The van der Waals surface area contributed by atoms with Crippen LogP contribution < -0.4 is 0 Å². The van der Waals surface area contributed by atoms with Crippen LogP contribution in [0.5, 0.6) is 0 Å². The zero-order chi connectivity index (χ0) is 19.3. The highest BCUT2D eigenvalue weighted by atomic mass is 16.6. The first-order chi connectivity index (χ1) is 12.2. The predicted octanol–water partition coefficient (Wildman–Crippen LogP) is 3.31. The molecule has 1 atom stereocenters. The van der Waals surface area contributed by atoms with Crippen molar-refractivity contribution in [2.75, 3.05) is 13.6 Å². The van der Waals surface area contributed by atoms with Gasteiger partial charge >= 0.3 is 6.09 Å². The molecule has 1 fully saturated rings. The lowest BCUT2D eigenvalue weighted by Crippen LogP contribution is -2.53. The van der Waals surface area contributed by atoms with E-state index in [1.807, 2.05) is 32.9 Å². The van der Waals surface area contributed by atoms with Crippen molar-refractivity contribution in [3.63, 3.8) is 0 Å². The number of benzene rings is 1. The van der Waals surface area contributed by atoms with Gasteiger partial charge in [-0.1, -0.05) is 12.1 Å². The molecule has 0 radical (unpaired) electrons. The lowest BCUT2D eigenvalue weighted by atomic mass is 10.0. The highest BCUT2D eigenvalue weighted by Crippen LogP contribution is 2.22. The van der Waals surface area contributed by atoms with Crippen LogP contribution in [0.4, 0.5) is 4.79 Å². The van der Waals surface area contributed by atoms with E-state index in [0.29, 0.717) is 25.1 Å². The number of amides is 2. The Bertz CT molecular complexity index is 686. The first kappa shape index (κ1) is 19.8. The minimum absolute atomic E-state index is 0.0834. The van der Waals surface area contributed by atoms with Crippen molar-refractivity contribution >= 4 is 12.0 Å². The van der Waals surface area contributed by atoms with Gasteiger partial charge in [0, 0.05) is 20.1 Å². The molecule has 6 heteroatoms. The average molecular weight is 357 g/mol. The number of rotatable bonds is 3.